The zero-order valence-electron chi connectivity index (χ0n) is 24.9. The summed E-state index contributed by atoms with van der Waals surface area (Å²) in [7, 11) is 4.80. The van der Waals surface area contributed by atoms with Crippen molar-refractivity contribution in [2.24, 2.45) is 7.05 Å². The molecule has 0 saturated carbocycles. The van der Waals surface area contributed by atoms with Crippen molar-refractivity contribution < 1.29 is 18.7 Å². The van der Waals surface area contributed by atoms with Gasteiger partial charge in [0, 0.05) is 51.0 Å². The van der Waals surface area contributed by atoms with E-state index in [1.165, 1.54) is 28.5 Å². The van der Waals surface area contributed by atoms with Gasteiger partial charge in [-0.3, -0.25) is 19.1 Å². The fourth-order valence-electron chi connectivity index (χ4n) is 5.52. The van der Waals surface area contributed by atoms with Gasteiger partial charge in [0.05, 0.1) is 19.1 Å². The molecule has 3 heterocycles. The fourth-order valence-corrected chi connectivity index (χ4v) is 6.81. The first-order valence-electron chi connectivity index (χ1n) is 14.0. The van der Waals surface area contributed by atoms with Crippen LogP contribution >= 0.6 is 24.0 Å². The Morgan fingerprint density at radius 2 is 1.68 bits per heavy atom. The molecule has 2 aromatic carbocycles. The molecule has 44 heavy (non-hydrogen) atoms. The normalized spacial score (nSPS) is 16.1. The number of piperazine rings is 1. The number of thiocarbonyl (C=S) groups is 1. The van der Waals surface area contributed by atoms with Crippen molar-refractivity contribution in [2.45, 2.75) is 13.3 Å². The van der Waals surface area contributed by atoms with Crippen molar-refractivity contribution >= 4 is 51.8 Å². The number of anilines is 2. The maximum atomic E-state index is 13.6. The van der Waals surface area contributed by atoms with Crippen LogP contribution in [0.3, 0.4) is 0 Å². The second-order valence-electron chi connectivity index (χ2n) is 10.4. The van der Waals surface area contributed by atoms with Crippen molar-refractivity contribution in [3.63, 3.8) is 0 Å². The number of ether oxygens (including phenoxy) is 2. The molecule has 0 atom stereocenters. The quantitative estimate of drug-likeness (QED) is 0.263. The lowest BCUT2D eigenvalue weighted by Gasteiger charge is -2.38. The Labute approximate surface area is 265 Å². The maximum Gasteiger partial charge on any atom is 0.270 e. The van der Waals surface area contributed by atoms with Gasteiger partial charge in [-0.25, -0.2) is 4.39 Å². The average molecular weight is 634 g/mol. The van der Waals surface area contributed by atoms with Crippen LogP contribution in [0.1, 0.15) is 22.3 Å². The third kappa shape index (κ3) is 6.02. The number of nitriles is 1. The van der Waals surface area contributed by atoms with Crippen molar-refractivity contribution in [1.29, 1.82) is 5.26 Å². The summed E-state index contributed by atoms with van der Waals surface area (Å²) in [5, 5.41) is 9.83. The van der Waals surface area contributed by atoms with E-state index in [9.17, 15) is 19.2 Å². The van der Waals surface area contributed by atoms with Crippen LogP contribution in [0.2, 0.25) is 0 Å². The molecule has 0 bridgehead atoms. The summed E-state index contributed by atoms with van der Waals surface area (Å²) in [6.45, 7) is 4.59. The van der Waals surface area contributed by atoms with Gasteiger partial charge in [-0.15, -0.1) is 0 Å². The molecule has 2 fully saturated rings. The van der Waals surface area contributed by atoms with E-state index in [4.69, 9.17) is 21.7 Å². The number of hydrogen-bond donors (Lipinski definition) is 0. The Balaban J connectivity index is 1.41. The zero-order chi connectivity index (χ0) is 31.5. The molecular formula is C32H32FN5O4S2. The summed E-state index contributed by atoms with van der Waals surface area (Å²) in [5.41, 5.74) is 2.70. The van der Waals surface area contributed by atoms with Gasteiger partial charge in [0.25, 0.3) is 11.5 Å². The Morgan fingerprint density at radius 1 is 1.02 bits per heavy atom. The van der Waals surface area contributed by atoms with Crippen LogP contribution in [-0.4, -0.2) is 66.6 Å². The van der Waals surface area contributed by atoms with Gasteiger partial charge in [-0.2, -0.15) is 5.26 Å². The van der Waals surface area contributed by atoms with E-state index in [0.29, 0.717) is 76.8 Å². The zero-order valence-corrected chi connectivity index (χ0v) is 26.6. The number of nitrogens with zero attached hydrogens (tertiary/aromatic N) is 5. The van der Waals surface area contributed by atoms with E-state index < -0.39 is 0 Å². The number of halogens is 1. The molecule has 1 amide bonds. The lowest BCUT2D eigenvalue weighted by molar-refractivity contribution is -0.122. The monoisotopic (exact) mass is 633 g/mol. The first-order chi connectivity index (χ1) is 21.2. The molecular weight excluding hydrogens is 602 g/mol. The highest BCUT2D eigenvalue weighted by atomic mass is 32.2. The van der Waals surface area contributed by atoms with Crippen LogP contribution in [-0.2, 0) is 18.3 Å². The summed E-state index contributed by atoms with van der Waals surface area (Å²) in [6.07, 6.45) is 2.31. The summed E-state index contributed by atoms with van der Waals surface area (Å²) in [5.74, 6) is 1.37. The van der Waals surface area contributed by atoms with E-state index in [1.807, 2.05) is 18.2 Å². The van der Waals surface area contributed by atoms with Gasteiger partial charge in [-0.1, -0.05) is 30.0 Å². The number of hydrogen-bond acceptors (Lipinski definition) is 9. The van der Waals surface area contributed by atoms with Gasteiger partial charge in [0.15, 0.2) is 11.5 Å². The summed E-state index contributed by atoms with van der Waals surface area (Å²) < 4.78 is 26.1. The number of aromatic nitrogens is 1. The third-order valence-electron chi connectivity index (χ3n) is 7.96. The van der Waals surface area contributed by atoms with E-state index >= 15 is 0 Å². The molecule has 2 aliphatic rings. The molecule has 1 aromatic heterocycles. The number of carbonyl (C=O) groups is 1. The Kier molecular flexibility index (Phi) is 9.27. The van der Waals surface area contributed by atoms with Crippen molar-refractivity contribution in [3.05, 3.63) is 85.8 Å². The molecule has 5 rings (SSSR count). The SMILES string of the molecule is COc1ccc(CCN2C(=O)/C(=C\c3c(C)c(C#N)c(=O)n(C)c3N3CCN(c4ccc(F)cc4)CC3)SC2=S)cc1OC. The van der Waals surface area contributed by atoms with Crippen LogP contribution in [0, 0.1) is 24.1 Å². The number of rotatable bonds is 8. The summed E-state index contributed by atoms with van der Waals surface area (Å²) >= 11 is 6.81. The minimum absolute atomic E-state index is 0.0383. The maximum absolute atomic E-state index is 13.6. The number of thioether (sulfide) groups is 1. The number of benzene rings is 2. The van der Waals surface area contributed by atoms with Gasteiger partial charge in [-0.05, 0) is 66.9 Å². The minimum atomic E-state index is -0.388. The van der Waals surface area contributed by atoms with E-state index in [2.05, 4.69) is 15.9 Å². The molecule has 9 nitrogen and oxygen atoms in total. The minimum Gasteiger partial charge on any atom is -0.493 e. The smallest absolute Gasteiger partial charge is 0.270 e. The molecule has 12 heteroatoms. The fraction of sp³-hybridized carbons (Fsp3) is 0.312. The second kappa shape index (κ2) is 13.1. The molecule has 228 valence electrons. The molecule has 0 spiro atoms. The number of methoxy groups -OCH3 is 2. The lowest BCUT2D eigenvalue weighted by atomic mass is 10.0. The summed E-state index contributed by atoms with van der Waals surface area (Å²) in [4.78, 5) is 33.1. The number of amides is 1. The van der Waals surface area contributed by atoms with Crippen LogP contribution in [0.15, 0.2) is 52.2 Å². The van der Waals surface area contributed by atoms with Crippen molar-refractivity contribution in [1.82, 2.24) is 9.47 Å². The molecule has 0 unspecified atom stereocenters. The standard InChI is InChI=1S/C32H32FN5O4S2/c1-20-24(18-28-31(40)38(32(43)44-28)12-11-21-5-10-26(41-3)27(17-21)42-4)29(35(2)30(39)25(20)19-34)37-15-13-36(14-16-37)23-8-6-22(33)7-9-23/h5-10,17-18H,11-16H2,1-4H3/b28-18+. The lowest BCUT2D eigenvalue weighted by Crippen LogP contribution is -2.48. The van der Waals surface area contributed by atoms with E-state index in [0.717, 1.165) is 11.3 Å². The predicted molar refractivity (Wildman–Crippen MR) is 175 cm³/mol. The van der Waals surface area contributed by atoms with Gasteiger partial charge < -0.3 is 19.3 Å². The summed E-state index contributed by atoms with van der Waals surface area (Å²) in [6, 6.07) is 14.1. The Bertz CT molecular complexity index is 1740. The van der Waals surface area contributed by atoms with Crippen LogP contribution < -0.4 is 24.8 Å². The van der Waals surface area contributed by atoms with Crippen LogP contribution in [0.5, 0.6) is 11.5 Å². The highest BCUT2D eigenvalue weighted by Gasteiger charge is 2.33. The third-order valence-corrected chi connectivity index (χ3v) is 9.34. The highest BCUT2D eigenvalue weighted by Crippen LogP contribution is 2.36. The van der Waals surface area contributed by atoms with Gasteiger partial charge in [0.1, 0.15) is 27.6 Å². The molecule has 0 N–H and O–H groups in total. The predicted octanol–water partition coefficient (Wildman–Crippen LogP) is 4.49. The first kappa shape index (κ1) is 31.1. The molecule has 2 aliphatic heterocycles. The molecule has 0 radical (unpaired) electrons. The van der Waals surface area contributed by atoms with Crippen molar-refractivity contribution in [3.8, 4) is 17.6 Å². The molecule has 3 aromatic rings. The van der Waals surface area contributed by atoms with Crippen LogP contribution in [0.4, 0.5) is 15.9 Å². The average Bonchev–Trinajstić information content (AvgIpc) is 3.30. The topological polar surface area (TPSA) is 91.0 Å². The Morgan fingerprint density at radius 3 is 2.32 bits per heavy atom. The molecule has 0 aliphatic carbocycles. The number of carbonyl (C=O) groups excluding carboxylic acids is 1. The van der Waals surface area contributed by atoms with Gasteiger partial charge >= 0.3 is 0 Å². The largest absolute Gasteiger partial charge is 0.493 e. The van der Waals surface area contributed by atoms with E-state index in [-0.39, 0.29) is 22.8 Å². The highest BCUT2D eigenvalue weighted by molar-refractivity contribution is 8.26. The van der Waals surface area contributed by atoms with Gasteiger partial charge in [0.2, 0.25) is 0 Å². The van der Waals surface area contributed by atoms with Crippen molar-refractivity contribution in [2.75, 3.05) is 56.7 Å². The number of pyridine rings is 1. The Hall–Kier alpha value is -4.34. The van der Waals surface area contributed by atoms with Crippen LogP contribution in [0.25, 0.3) is 6.08 Å². The first-order valence-corrected chi connectivity index (χ1v) is 15.2. The second-order valence-corrected chi connectivity index (χ2v) is 12.1. The van der Waals surface area contributed by atoms with E-state index in [1.54, 1.807) is 51.3 Å². The molecule has 2 saturated heterocycles.